The van der Waals surface area contributed by atoms with Crippen molar-refractivity contribution in [2.45, 2.75) is 31.2 Å². The first-order chi connectivity index (χ1) is 8.15. The number of epoxide rings is 2. The lowest BCUT2D eigenvalue weighted by atomic mass is 9.79. The predicted octanol–water partition coefficient (Wildman–Crippen LogP) is -0.193. The molecule has 94 valence electrons. The zero-order valence-corrected chi connectivity index (χ0v) is 9.20. The van der Waals surface area contributed by atoms with Gasteiger partial charge in [-0.15, -0.1) is 0 Å². The maximum absolute atomic E-state index is 11.8. The van der Waals surface area contributed by atoms with Crippen LogP contribution in [0.3, 0.4) is 0 Å². The molecule has 2 saturated heterocycles. The number of hydrogen-bond acceptors (Lipinski definition) is 5. The summed E-state index contributed by atoms with van der Waals surface area (Å²) in [6.07, 6.45) is 0.981. The van der Waals surface area contributed by atoms with Gasteiger partial charge in [0.25, 0.3) is 0 Å². The Balaban J connectivity index is 1.60. The summed E-state index contributed by atoms with van der Waals surface area (Å²) in [6, 6.07) is 0. The molecule has 0 bridgehead atoms. The van der Waals surface area contributed by atoms with Crippen molar-refractivity contribution in [3.05, 3.63) is 0 Å². The standard InChI is InChI=1S/C11H14O6/c12-10(13)6-1-8-9(17-8)2-7(6)11(14)16-4-5-3-15-5/h5-9H,1-4H2,(H,12,13). The van der Waals surface area contributed by atoms with Crippen LogP contribution >= 0.6 is 0 Å². The minimum absolute atomic E-state index is 0.00995. The van der Waals surface area contributed by atoms with E-state index in [1.807, 2.05) is 0 Å². The van der Waals surface area contributed by atoms with Crippen LogP contribution in [0.15, 0.2) is 0 Å². The molecule has 0 spiro atoms. The first-order valence-electron chi connectivity index (χ1n) is 5.81. The Bertz CT molecular complexity index is 350. The van der Waals surface area contributed by atoms with E-state index in [2.05, 4.69) is 0 Å². The normalized spacial score (nSPS) is 42.5. The molecule has 1 N–H and O–H groups in total. The molecule has 5 atom stereocenters. The zero-order valence-electron chi connectivity index (χ0n) is 9.20. The molecule has 1 aliphatic carbocycles. The molecule has 1 saturated carbocycles. The Morgan fingerprint density at radius 1 is 1.24 bits per heavy atom. The molecule has 0 aromatic rings. The number of carbonyl (C=O) groups is 2. The predicted molar refractivity (Wildman–Crippen MR) is 53.2 cm³/mol. The molecule has 6 nitrogen and oxygen atoms in total. The molecule has 17 heavy (non-hydrogen) atoms. The van der Waals surface area contributed by atoms with Crippen molar-refractivity contribution in [3.8, 4) is 0 Å². The van der Waals surface area contributed by atoms with Gasteiger partial charge in [0.15, 0.2) is 0 Å². The summed E-state index contributed by atoms with van der Waals surface area (Å²) in [6.45, 7) is 0.852. The number of carboxylic acid groups (broad SMARTS) is 1. The fraction of sp³-hybridized carbons (Fsp3) is 0.818. The van der Waals surface area contributed by atoms with Crippen molar-refractivity contribution in [1.82, 2.24) is 0 Å². The van der Waals surface area contributed by atoms with Crippen LogP contribution in [0.2, 0.25) is 0 Å². The lowest BCUT2D eigenvalue weighted by Gasteiger charge is -2.24. The van der Waals surface area contributed by atoms with Gasteiger partial charge in [-0.2, -0.15) is 0 Å². The second kappa shape index (κ2) is 3.96. The molecule has 0 aromatic carbocycles. The number of aliphatic carboxylic acids is 1. The van der Waals surface area contributed by atoms with Crippen molar-refractivity contribution in [3.63, 3.8) is 0 Å². The van der Waals surface area contributed by atoms with Crippen LogP contribution in [0, 0.1) is 11.8 Å². The lowest BCUT2D eigenvalue weighted by Crippen LogP contribution is -2.37. The van der Waals surface area contributed by atoms with Gasteiger partial charge in [-0.1, -0.05) is 0 Å². The Morgan fingerprint density at radius 2 is 1.88 bits per heavy atom. The van der Waals surface area contributed by atoms with E-state index in [1.165, 1.54) is 0 Å². The van der Waals surface area contributed by atoms with E-state index in [9.17, 15) is 9.59 Å². The van der Waals surface area contributed by atoms with Gasteiger partial charge in [0, 0.05) is 0 Å². The third kappa shape index (κ3) is 2.28. The quantitative estimate of drug-likeness (QED) is 0.542. The van der Waals surface area contributed by atoms with E-state index in [4.69, 9.17) is 19.3 Å². The number of hydrogen-bond donors (Lipinski definition) is 1. The first-order valence-corrected chi connectivity index (χ1v) is 5.81. The van der Waals surface area contributed by atoms with Gasteiger partial charge in [-0.25, -0.2) is 0 Å². The maximum atomic E-state index is 11.8. The fourth-order valence-electron chi connectivity index (χ4n) is 2.40. The summed E-state index contributed by atoms with van der Waals surface area (Å²) in [4.78, 5) is 22.9. The van der Waals surface area contributed by atoms with Gasteiger partial charge >= 0.3 is 11.9 Å². The van der Waals surface area contributed by atoms with Gasteiger partial charge in [0.05, 0.1) is 30.7 Å². The highest BCUT2D eigenvalue weighted by atomic mass is 16.6. The number of fused-ring (bicyclic) bond motifs is 1. The molecular weight excluding hydrogens is 228 g/mol. The van der Waals surface area contributed by atoms with E-state index in [0.29, 0.717) is 19.4 Å². The van der Waals surface area contributed by atoms with E-state index >= 15 is 0 Å². The van der Waals surface area contributed by atoms with Crippen LogP contribution < -0.4 is 0 Å². The highest BCUT2D eigenvalue weighted by molar-refractivity contribution is 5.81. The van der Waals surface area contributed by atoms with Gasteiger partial charge in [0.1, 0.15) is 12.7 Å². The monoisotopic (exact) mass is 242 g/mol. The minimum atomic E-state index is -0.941. The van der Waals surface area contributed by atoms with Crippen molar-refractivity contribution in [2.24, 2.45) is 11.8 Å². The number of esters is 1. The topological polar surface area (TPSA) is 88.7 Å². The van der Waals surface area contributed by atoms with Crippen LogP contribution in [0.4, 0.5) is 0 Å². The van der Waals surface area contributed by atoms with Crippen molar-refractivity contribution < 1.29 is 28.9 Å². The maximum Gasteiger partial charge on any atom is 0.310 e. The molecule has 3 fully saturated rings. The summed E-state index contributed by atoms with van der Waals surface area (Å²) in [7, 11) is 0. The first kappa shape index (κ1) is 11.0. The molecule has 3 rings (SSSR count). The molecular formula is C11H14O6. The average Bonchev–Trinajstić information content (AvgIpc) is 3.17. The second-order valence-electron chi connectivity index (χ2n) is 4.82. The molecule has 2 heterocycles. The molecule has 2 aliphatic heterocycles. The Hall–Kier alpha value is -1.14. The largest absolute Gasteiger partial charge is 0.481 e. The van der Waals surface area contributed by atoms with Gasteiger partial charge in [-0.05, 0) is 12.8 Å². The number of carbonyl (C=O) groups excluding carboxylic acids is 1. The van der Waals surface area contributed by atoms with E-state index in [1.54, 1.807) is 0 Å². The molecule has 3 aliphatic rings. The second-order valence-corrected chi connectivity index (χ2v) is 4.82. The highest BCUT2D eigenvalue weighted by Gasteiger charge is 2.53. The highest BCUT2D eigenvalue weighted by Crippen LogP contribution is 2.43. The van der Waals surface area contributed by atoms with Crippen molar-refractivity contribution >= 4 is 11.9 Å². The molecule has 5 unspecified atom stereocenters. The van der Waals surface area contributed by atoms with Crippen molar-refractivity contribution in [2.75, 3.05) is 13.2 Å². The fourth-order valence-corrected chi connectivity index (χ4v) is 2.40. The third-order valence-corrected chi connectivity index (χ3v) is 3.58. The number of ether oxygens (including phenoxy) is 3. The minimum Gasteiger partial charge on any atom is -0.481 e. The van der Waals surface area contributed by atoms with Crippen LogP contribution in [0.1, 0.15) is 12.8 Å². The van der Waals surface area contributed by atoms with Gasteiger partial charge in [0.2, 0.25) is 0 Å². The lowest BCUT2D eigenvalue weighted by molar-refractivity contribution is -0.159. The van der Waals surface area contributed by atoms with E-state index < -0.39 is 23.8 Å². The molecule has 0 amide bonds. The Morgan fingerprint density at radius 3 is 2.47 bits per heavy atom. The van der Waals surface area contributed by atoms with Crippen LogP contribution in [0.5, 0.6) is 0 Å². The summed E-state index contributed by atoms with van der Waals surface area (Å²) >= 11 is 0. The van der Waals surface area contributed by atoms with Crippen LogP contribution in [-0.2, 0) is 23.8 Å². The Labute approximate surface area is 97.8 Å². The molecule has 0 aromatic heterocycles. The third-order valence-electron chi connectivity index (χ3n) is 3.58. The van der Waals surface area contributed by atoms with Crippen LogP contribution in [0.25, 0.3) is 0 Å². The SMILES string of the molecule is O=C(O)C1CC2OC2CC1C(=O)OCC1CO1. The Kier molecular flexibility index (Phi) is 2.56. The average molecular weight is 242 g/mol. The summed E-state index contributed by atoms with van der Waals surface area (Å²) in [5, 5.41) is 9.10. The summed E-state index contributed by atoms with van der Waals surface area (Å²) in [5.74, 6) is -2.62. The van der Waals surface area contributed by atoms with Gasteiger partial charge < -0.3 is 19.3 Å². The van der Waals surface area contributed by atoms with Crippen molar-refractivity contribution in [1.29, 1.82) is 0 Å². The molecule has 6 heteroatoms. The zero-order chi connectivity index (χ0) is 12.0. The molecule has 0 radical (unpaired) electrons. The van der Waals surface area contributed by atoms with Gasteiger partial charge in [-0.3, -0.25) is 9.59 Å². The van der Waals surface area contributed by atoms with Crippen LogP contribution in [-0.4, -0.2) is 48.6 Å². The summed E-state index contributed by atoms with van der Waals surface area (Å²) < 4.78 is 15.3. The number of rotatable bonds is 4. The number of carboxylic acids is 1. The van der Waals surface area contributed by atoms with E-state index in [0.717, 1.165) is 0 Å². The smallest absolute Gasteiger partial charge is 0.310 e. The summed E-state index contributed by atoms with van der Waals surface area (Å²) in [5.41, 5.74) is 0. The van der Waals surface area contributed by atoms with E-state index in [-0.39, 0.29) is 24.9 Å².